The van der Waals surface area contributed by atoms with Gasteiger partial charge in [0.2, 0.25) is 5.91 Å². The second-order valence-corrected chi connectivity index (χ2v) is 22.1. The molecule has 2 unspecified atom stereocenters. The monoisotopic (exact) mass is 1000 g/mol. The van der Waals surface area contributed by atoms with E-state index in [1.54, 1.807) is 6.08 Å². The van der Waals surface area contributed by atoms with E-state index in [0.29, 0.717) is 19.4 Å². The number of carbonyl (C=O) groups is 2. The molecule has 0 aromatic rings. The molecule has 71 heavy (non-hydrogen) atoms. The summed E-state index contributed by atoms with van der Waals surface area (Å²) in [5.74, 6) is -0.0486. The zero-order valence-corrected chi connectivity index (χ0v) is 48.0. The van der Waals surface area contributed by atoms with Crippen LogP contribution in [0.1, 0.15) is 354 Å². The molecular weight excluding hydrogens is 875 g/mol. The first-order chi connectivity index (χ1) is 35.0. The van der Waals surface area contributed by atoms with Crippen molar-refractivity contribution in [2.75, 3.05) is 13.2 Å². The highest BCUT2D eigenvalue weighted by Crippen LogP contribution is 2.18. The normalized spacial score (nSPS) is 12.7. The molecule has 6 heteroatoms. The van der Waals surface area contributed by atoms with Crippen LogP contribution in [0, 0.1) is 0 Å². The SMILES string of the molecule is CCCCCCCCCCC/C=C/C(O)C(CO)NC(=O)CCCCCCCCCCCCCCC/C=C\CCCCCCCCCCCCCCOC(=O)CCCCCCCCCCCCCCCC. The minimum Gasteiger partial charge on any atom is -0.466 e. The van der Waals surface area contributed by atoms with E-state index in [0.717, 1.165) is 38.5 Å². The lowest BCUT2D eigenvalue weighted by atomic mass is 10.0. The molecular formula is C65H125NO5. The van der Waals surface area contributed by atoms with Gasteiger partial charge in [-0.05, 0) is 57.8 Å². The number of unbranched alkanes of at least 4 members (excludes halogenated alkanes) is 47. The standard InChI is InChI=1S/C65H125NO5/c1-3-5-7-9-11-13-15-16-35-39-43-47-51-55-59-65(70)71-60-56-52-48-44-40-36-33-31-29-27-25-23-21-19-17-18-20-22-24-26-28-30-32-34-38-42-46-50-54-58-64(69)66-62(61-67)63(68)57-53-49-45-41-37-14-12-10-8-6-4-2/h17,19,53,57,62-63,67-68H,3-16,18,20-52,54-56,58-61H2,1-2H3,(H,66,69)/b19-17-,57-53+. The van der Waals surface area contributed by atoms with Crippen molar-refractivity contribution >= 4 is 11.9 Å². The molecule has 0 heterocycles. The van der Waals surface area contributed by atoms with Crippen LogP contribution in [0.2, 0.25) is 0 Å². The third kappa shape index (κ3) is 57.5. The fourth-order valence-electron chi connectivity index (χ4n) is 10.0. The lowest BCUT2D eigenvalue weighted by Gasteiger charge is -2.20. The van der Waals surface area contributed by atoms with Gasteiger partial charge in [0, 0.05) is 12.8 Å². The zero-order valence-electron chi connectivity index (χ0n) is 48.0. The molecule has 0 rings (SSSR count). The highest BCUT2D eigenvalue weighted by Gasteiger charge is 2.18. The van der Waals surface area contributed by atoms with Crippen molar-refractivity contribution < 1.29 is 24.5 Å². The van der Waals surface area contributed by atoms with Gasteiger partial charge >= 0.3 is 5.97 Å². The predicted octanol–water partition coefficient (Wildman–Crippen LogP) is 20.2. The number of aliphatic hydroxyl groups is 2. The number of rotatable bonds is 60. The van der Waals surface area contributed by atoms with Crippen LogP contribution < -0.4 is 5.32 Å². The van der Waals surface area contributed by atoms with E-state index >= 15 is 0 Å². The third-order valence-corrected chi connectivity index (χ3v) is 15.0. The van der Waals surface area contributed by atoms with Crippen LogP contribution >= 0.6 is 0 Å². The lowest BCUT2D eigenvalue weighted by Crippen LogP contribution is -2.45. The highest BCUT2D eigenvalue weighted by molar-refractivity contribution is 5.76. The molecule has 420 valence electrons. The Balaban J connectivity index is 3.36. The van der Waals surface area contributed by atoms with E-state index < -0.39 is 12.1 Å². The second kappa shape index (κ2) is 60.9. The number of nitrogens with one attached hydrogen (secondary N) is 1. The molecule has 3 N–H and O–H groups in total. The van der Waals surface area contributed by atoms with Gasteiger partial charge in [-0.15, -0.1) is 0 Å². The average molecular weight is 1000 g/mol. The van der Waals surface area contributed by atoms with Crippen molar-refractivity contribution in [3.8, 4) is 0 Å². The molecule has 0 radical (unpaired) electrons. The molecule has 0 aromatic heterocycles. The molecule has 0 saturated heterocycles. The first-order valence-corrected chi connectivity index (χ1v) is 32.1. The van der Waals surface area contributed by atoms with Crippen LogP contribution in [-0.2, 0) is 14.3 Å². The van der Waals surface area contributed by atoms with Crippen LogP contribution in [0.3, 0.4) is 0 Å². The molecule has 0 bridgehead atoms. The summed E-state index contributed by atoms with van der Waals surface area (Å²) < 4.78 is 5.49. The summed E-state index contributed by atoms with van der Waals surface area (Å²) in [6.45, 7) is 4.91. The van der Waals surface area contributed by atoms with E-state index in [1.807, 2.05) is 6.08 Å². The van der Waals surface area contributed by atoms with Crippen molar-refractivity contribution in [2.45, 2.75) is 366 Å². The molecule has 0 aliphatic rings. The van der Waals surface area contributed by atoms with Crippen molar-refractivity contribution in [3.05, 3.63) is 24.3 Å². The first-order valence-electron chi connectivity index (χ1n) is 32.1. The Hall–Kier alpha value is -1.66. The fourth-order valence-corrected chi connectivity index (χ4v) is 10.0. The minimum atomic E-state index is -0.842. The van der Waals surface area contributed by atoms with E-state index in [1.165, 1.54) is 289 Å². The Morgan fingerprint density at radius 3 is 1.00 bits per heavy atom. The Labute approximate surface area is 443 Å². The number of ether oxygens (including phenoxy) is 1. The Morgan fingerprint density at radius 2 is 0.662 bits per heavy atom. The molecule has 6 nitrogen and oxygen atoms in total. The lowest BCUT2D eigenvalue weighted by molar-refractivity contribution is -0.143. The number of allylic oxidation sites excluding steroid dienone is 3. The zero-order chi connectivity index (χ0) is 51.4. The van der Waals surface area contributed by atoms with Gasteiger partial charge in [0.15, 0.2) is 0 Å². The molecule has 0 aromatic carbocycles. The summed E-state index contributed by atoms with van der Waals surface area (Å²) in [6.07, 6.45) is 75.3. The molecule has 0 aliphatic carbocycles. The summed E-state index contributed by atoms with van der Waals surface area (Å²) in [5.41, 5.74) is 0. The average Bonchev–Trinajstić information content (AvgIpc) is 3.37. The van der Waals surface area contributed by atoms with Gasteiger partial charge in [-0.1, -0.05) is 308 Å². The van der Waals surface area contributed by atoms with Crippen molar-refractivity contribution in [1.82, 2.24) is 5.32 Å². The third-order valence-electron chi connectivity index (χ3n) is 15.0. The smallest absolute Gasteiger partial charge is 0.305 e. The number of aliphatic hydroxyl groups excluding tert-OH is 2. The van der Waals surface area contributed by atoms with Gasteiger partial charge < -0.3 is 20.3 Å². The molecule has 1 amide bonds. The fraction of sp³-hybridized carbons (Fsp3) is 0.908. The van der Waals surface area contributed by atoms with Gasteiger partial charge in [-0.25, -0.2) is 0 Å². The van der Waals surface area contributed by atoms with E-state index in [-0.39, 0.29) is 18.5 Å². The second-order valence-electron chi connectivity index (χ2n) is 22.1. The van der Waals surface area contributed by atoms with Crippen molar-refractivity contribution in [3.63, 3.8) is 0 Å². The van der Waals surface area contributed by atoms with Crippen molar-refractivity contribution in [1.29, 1.82) is 0 Å². The molecule has 0 aliphatic heterocycles. The Bertz CT molecular complexity index is 1110. The summed E-state index contributed by atoms with van der Waals surface area (Å²) in [7, 11) is 0. The molecule has 0 spiro atoms. The summed E-state index contributed by atoms with van der Waals surface area (Å²) in [6, 6.07) is -0.625. The summed E-state index contributed by atoms with van der Waals surface area (Å²) in [5, 5.41) is 23.0. The number of carbonyl (C=O) groups excluding carboxylic acids is 2. The van der Waals surface area contributed by atoms with E-state index in [9.17, 15) is 19.8 Å². The van der Waals surface area contributed by atoms with Crippen LogP contribution in [-0.4, -0.2) is 47.4 Å². The maximum Gasteiger partial charge on any atom is 0.305 e. The largest absolute Gasteiger partial charge is 0.466 e. The number of hydrogen-bond acceptors (Lipinski definition) is 5. The van der Waals surface area contributed by atoms with Gasteiger partial charge in [0.1, 0.15) is 0 Å². The van der Waals surface area contributed by atoms with Crippen molar-refractivity contribution in [2.24, 2.45) is 0 Å². The summed E-state index contributed by atoms with van der Waals surface area (Å²) >= 11 is 0. The predicted molar refractivity (Wildman–Crippen MR) is 310 cm³/mol. The van der Waals surface area contributed by atoms with Gasteiger partial charge in [-0.3, -0.25) is 9.59 Å². The van der Waals surface area contributed by atoms with Crippen LogP contribution in [0.5, 0.6) is 0 Å². The van der Waals surface area contributed by atoms with Gasteiger partial charge in [0.25, 0.3) is 0 Å². The maximum atomic E-state index is 12.4. The number of esters is 1. The van der Waals surface area contributed by atoms with Crippen LogP contribution in [0.25, 0.3) is 0 Å². The van der Waals surface area contributed by atoms with Crippen LogP contribution in [0.4, 0.5) is 0 Å². The van der Waals surface area contributed by atoms with Gasteiger partial charge in [0.05, 0.1) is 25.4 Å². The number of hydrogen-bond donors (Lipinski definition) is 3. The topological polar surface area (TPSA) is 95.9 Å². The molecule has 2 atom stereocenters. The highest BCUT2D eigenvalue weighted by atomic mass is 16.5. The quantitative estimate of drug-likeness (QED) is 0.0320. The number of amides is 1. The Morgan fingerprint density at radius 1 is 0.380 bits per heavy atom. The van der Waals surface area contributed by atoms with E-state index in [2.05, 4.69) is 31.3 Å². The maximum absolute atomic E-state index is 12.4. The molecule has 0 saturated carbocycles. The van der Waals surface area contributed by atoms with Gasteiger partial charge in [-0.2, -0.15) is 0 Å². The first kappa shape index (κ1) is 69.3. The molecule has 0 fully saturated rings. The van der Waals surface area contributed by atoms with E-state index in [4.69, 9.17) is 4.74 Å². The minimum absolute atomic E-state index is 0.0187. The Kier molecular flexibility index (Phi) is 59.5. The van der Waals surface area contributed by atoms with Crippen LogP contribution in [0.15, 0.2) is 24.3 Å². The summed E-state index contributed by atoms with van der Waals surface area (Å²) in [4.78, 5) is 24.5.